The highest BCUT2D eigenvalue weighted by atomic mass is 16.2. The molecule has 2 aliphatic rings. The van der Waals surface area contributed by atoms with E-state index in [9.17, 15) is 9.59 Å². The Morgan fingerprint density at radius 2 is 2.12 bits per heavy atom. The van der Waals surface area contributed by atoms with Crippen LogP contribution in [0.4, 0.5) is 4.79 Å². The Bertz CT molecular complexity index is 598. The molecule has 1 fully saturated rings. The molecule has 0 spiro atoms. The summed E-state index contributed by atoms with van der Waals surface area (Å²) in [6, 6.07) is 8.44. The third-order valence-corrected chi connectivity index (χ3v) is 5.01. The van der Waals surface area contributed by atoms with E-state index in [1.54, 1.807) is 0 Å². The van der Waals surface area contributed by atoms with Gasteiger partial charge in [0.25, 0.3) is 0 Å². The minimum absolute atomic E-state index is 0.0810. The van der Waals surface area contributed by atoms with Crippen LogP contribution < -0.4 is 10.6 Å². The second-order valence-electron chi connectivity index (χ2n) is 6.57. The number of rotatable bonds is 4. The molecule has 0 aromatic heterocycles. The molecule has 6 heteroatoms. The molecule has 2 heterocycles. The van der Waals surface area contributed by atoms with Gasteiger partial charge in [0.1, 0.15) is 0 Å². The van der Waals surface area contributed by atoms with Gasteiger partial charge < -0.3 is 20.4 Å². The molecule has 0 radical (unpaired) electrons. The average Bonchev–Trinajstić information content (AvgIpc) is 3.15. The second-order valence-corrected chi connectivity index (χ2v) is 6.57. The number of fused-ring (bicyclic) bond motifs is 1. The molecule has 0 saturated carbocycles. The lowest BCUT2D eigenvalue weighted by Crippen LogP contribution is -2.44. The van der Waals surface area contributed by atoms with Crippen LogP contribution in [0.5, 0.6) is 0 Å². The lowest BCUT2D eigenvalue weighted by atomic mass is 10.0. The van der Waals surface area contributed by atoms with Crippen molar-refractivity contribution in [1.29, 1.82) is 0 Å². The summed E-state index contributed by atoms with van der Waals surface area (Å²) in [5, 5.41) is 6.15. The smallest absolute Gasteiger partial charge is 0.317 e. The number of benzene rings is 1. The molecule has 2 N–H and O–H groups in total. The zero-order valence-corrected chi connectivity index (χ0v) is 14.3. The minimum Gasteiger partial charge on any atom is -0.341 e. The summed E-state index contributed by atoms with van der Waals surface area (Å²) < 4.78 is 0. The topological polar surface area (TPSA) is 64.7 Å². The molecule has 1 unspecified atom stereocenters. The Hall–Kier alpha value is -2.08. The Balaban J connectivity index is 1.42. The van der Waals surface area contributed by atoms with Gasteiger partial charge in [-0.3, -0.25) is 4.79 Å². The fraction of sp³-hybridized carbons (Fsp3) is 0.556. The number of urea groups is 1. The molecule has 24 heavy (non-hydrogen) atoms. The van der Waals surface area contributed by atoms with Gasteiger partial charge in [0.15, 0.2) is 0 Å². The first kappa shape index (κ1) is 16.8. The molecule has 1 aromatic rings. The van der Waals surface area contributed by atoms with Crippen molar-refractivity contribution in [2.45, 2.75) is 31.8 Å². The summed E-state index contributed by atoms with van der Waals surface area (Å²) in [5.74, 6) is 0.0907. The van der Waals surface area contributed by atoms with Crippen LogP contribution in [0.2, 0.25) is 0 Å². The number of likely N-dealkylation sites (N-methyl/N-ethyl adjacent to an activating group) is 1. The van der Waals surface area contributed by atoms with Crippen LogP contribution in [0.15, 0.2) is 24.3 Å². The summed E-state index contributed by atoms with van der Waals surface area (Å²) >= 11 is 0. The van der Waals surface area contributed by atoms with Gasteiger partial charge in [-0.05, 0) is 30.5 Å². The van der Waals surface area contributed by atoms with Gasteiger partial charge in [0, 0.05) is 45.7 Å². The number of nitrogens with zero attached hydrogens (tertiary/aromatic N) is 2. The number of nitrogens with one attached hydrogen (secondary N) is 2. The largest absolute Gasteiger partial charge is 0.341 e. The third kappa shape index (κ3) is 3.87. The van der Waals surface area contributed by atoms with Crippen LogP contribution in [0.1, 0.15) is 24.0 Å². The van der Waals surface area contributed by atoms with Gasteiger partial charge in [0.2, 0.25) is 5.91 Å². The molecule has 0 aliphatic carbocycles. The zero-order valence-electron chi connectivity index (χ0n) is 14.3. The predicted octanol–water partition coefficient (Wildman–Crippen LogP) is 0.965. The highest BCUT2D eigenvalue weighted by Gasteiger charge is 2.23. The normalized spacial score (nSPS) is 19.7. The van der Waals surface area contributed by atoms with Crippen LogP contribution in [0.25, 0.3) is 0 Å². The van der Waals surface area contributed by atoms with E-state index in [0.29, 0.717) is 19.5 Å². The first-order chi connectivity index (χ1) is 11.6. The minimum atomic E-state index is -0.0810. The SMILES string of the molecule is CN(C(=O)CCNC(=O)N1CCc2ccccc2C1)C1CCNC1. The standard InChI is InChI=1S/C18H26N4O2/c1-21(16-6-9-19-12-16)17(23)7-10-20-18(24)22-11-8-14-4-2-3-5-15(14)13-22/h2-5,16,19H,6-13H2,1H3,(H,20,24). The van der Waals surface area contributed by atoms with Crippen molar-refractivity contribution in [3.63, 3.8) is 0 Å². The summed E-state index contributed by atoms with van der Waals surface area (Å²) in [6.45, 7) is 3.59. The van der Waals surface area contributed by atoms with Crippen LogP contribution in [0, 0.1) is 0 Å². The van der Waals surface area contributed by atoms with Crippen molar-refractivity contribution in [3.8, 4) is 0 Å². The van der Waals surface area contributed by atoms with Crippen molar-refractivity contribution in [1.82, 2.24) is 20.4 Å². The first-order valence-corrected chi connectivity index (χ1v) is 8.71. The average molecular weight is 330 g/mol. The number of hydrogen-bond donors (Lipinski definition) is 2. The molecule has 1 saturated heterocycles. The molecule has 2 aliphatic heterocycles. The van der Waals surface area contributed by atoms with Crippen molar-refractivity contribution in [2.24, 2.45) is 0 Å². The van der Waals surface area contributed by atoms with Gasteiger partial charge in [-0.15, -0.1) is 0 Å². The molecular formula is C18H26N4O2. The van der Waals surface area contributed by atoms with Crippen molar-refractivity contribution in [3.05, 3.63) is 35.4 Å². The fourth-order valence-corrected chi connectivity index (χ4v) is 3.41. The van der Waals surface area contributed by atoms with E-state index < -0.39 is 0 Å². The molecule has 3 amide bonds. The highest BCUT2D eigenvalue weighted by Crippen LogP contribution is 2.18. The Kier molecular flexibility index (Phi) is 5.35. The van der Waals surface area contributed by atoms with E-state index in [0.717, 1.165) is 32.5 Å². The maximum atomic E-state index is 12.3. The number of carbonyl (C=O) groups is 2. The Labute approximate surface area is 143 Å². The van der Waals surface area contributed by atoms with Crippen molar-refractivity contribution < 1.29 is 9.59 Å². The first-order valence-electron chi connectivity index (χ1n) is 8.71. The lowest BCUT2D eigenvalue weighted by Gasteiger charge is -2.29. The molecule has 1 aromatic carbocycles. The van der Waals surface area contributed by atoms with E-state index in [2.05, 4.69) is 22.8 Å². The van der Waals surface area contributed by atoms with Gasteiger partial charge >= 0.3 is 6.03 Å². The Morgan fingerprint density at radius 1 is 1.33 bits per heavy atom. The van der Waals surface area contributed by atoms with Gasteiger partial charge in [0.05, 0.1) is 0 Å². The molecule has 130 valence electrons. The van der Waals surface area contributed by atoms with Crippen LogP contribution in [-0.2, 0) is 17.8 Å². The van der Waals surface area contributed by atoms with Gasteiger partial charge in [-0.1, -0.05) is 24.3 Å². The predicted molar refractivity (Wildman–Crippen MR) is 92.6 cm³/mol. The van der Waals surface area contributed by atoms with E-state index in [1.807, 2.05) is 29.0 Å². The van der Waals surface area contributed by atoms with Crippen LogP contribution >= 0.6 is 0 Å². The monoisotopic (exact) mass is 330 g/mol. The fourth-order valence-electron chi connectivity index (χ4n) is 3.41. The van der Waals surface area contributed by atoms with Crippen molar-refractivity contribution in [2.75, 3.05) is 33.2 Å². The molecular weight excluding hydrogens is 304 g/mol. The van der Waals surface area contributed by atoms with Gasteiger partial charge in [-0.25, -0.2) is 4.79 Å². The Morgan fingerprint density at radius 3 is 2.88 bits per heavy atom. The number of amides is 3. The van der Waals surface area contributed by atoms with Crippen LogP contribution in [0.3, 0.4) is 0 Å². The third-order valence-electron chi connectivity index (χ3n) is 5.01. The van der Waals surface area contributed by atoms with E-state index >= 15 is 0 Å². The second kappa shape index (κ2) is 7.66. The van der Waals surface area contributed by atoms with Gasteiger partial charge in [-0.2, -0.15) is 0 Å². The summed E-state index contributed by atoms with van der Waals surface area (Å²) in [6.07, 6.45) is 2.24. The molecule has 6 nitrogen and oxygen atoms in total. The molecule has 3 rings (SSSR count). The maximum Gasteiger partial charge on any atom is 0.317 e. The number of carbonyl (C=O) groups excluding carboxylic acids is 2. The molecule has 0 bridgehead atoms. The number of hydrogen-bond acceptors (Lipinski definition) is 3. The van der Waals surface area contributed by atoms with E-state index in [4.69, 9.17) is 0 Å². The maximum absolute atomic E-state index is 12.3. The summed E-state index contributed by atoms with van der Waals surface area (Å²) in [5.41, 5.74) is 2.53. The quantitative estimate of drug-likeness (QED) is 0.864. The molecule has 1 atom stereocenters. The zero-order chi connectivity index (χ0) is 16.9. The highest BCUT2D eigenvalue weighted by molar-refractivity contribution is 5.78. The lowest BCUT2D eigenvalue weighted by molar-refractivity contribution is -0.131. The van der Waals surface area contributed by atoms with Crippen molar-refractivity contribution >= 4 is 11.9 Å². The van der Waals surface area contributed by atoms with Crippen LogP contribution in [-0.4, -0.2) is 61.0 Å². The summed E-state index contributed by atoms with van der Waals surface area (Å²) in [4.78, 5) is 28.1. The van der Waals surface area contributed by atoms with E-state index in [-0.39, 0.29) is 18.0 Å². The summed E-state index contributed by atoms with van der Waals surface area (Å²) in [7, 11) is 1.85. The van der Waals surface area contributed by atoms with E-state index in [1.165, 1.54) is 11.1 Å².